The van der Waals surface area contributed by atoms with Crippen molar-refractivity contribution < 1.29 is 21.3 Å². The van der Waals surface area contributed by atoms with Crippen molar-refractivity contribution in [3.8, 4) is 11.1 Å². The molecule has 0 spiro atoms. The number of sulfone groups is 1. The van der Waals surface area contributed by atoms with Crippen LogP contribution in [0.3, 0.4) is 0 Å². The fraction of sp³-hybridized carbons (Fsp3) is 0.125. The molecule has 0 aliphatic rings. The Morgan fingerprint density at radius 1 is 0.923 bits per heavy atom. The predicted octanol–water partition coefficient (Wildman–Crippen LogP) is 4.65. The number of nitrogens with two attached hydrogens (primary N) is 1. The van der Waals surface area contributed by atoms with Gasteiger partial charge in [-0.3, -0.25) is 0 Å². The second-order valence-electron chi connectivity index (χ2n) is 8.47. The molecule has 0 aliphatic heterocycles. The summed E-state index contributed by atoms with van der Waals surface area (Å²) in [6, 6.07) is 19.3. The van der Waals surface area contributed by atoms with Crippen LogP contribution < -0.4 is 9.86 Å². The van der Waals surface area contributed by atoms with E-state index >= 15 is 0 Å². The first-order chi connectivity index (χ1) is 18.5. The third kappa shape index (κ3) is 6.64. The van der Waals surface area contributed by atoms with E-state index in [-0.39, 0.29) is 22.5 Å². The SMILES string of the molecule is NS(=O)(=O)NCc1nnc(C(c2nc3ccc(-c4cc(Cl)cc(Cl)c4)cc3s2)S(=O)(=O)Cc2ccccc2)o1. The lowest BCUT2D eigenvalue weighted by atomic mass is 10.1. The lowest BCUT2D eigenvalue weighted by Gasteiger charge is -2.12. The van der Waals surface area contributed by atoms with Crippen LogP contribution in [0.25, 0.3) is 21.3 Å². The average Bonchev–Trinajstić information content (AvgIpc) is 3.48. The highest BCUT2D eigenvalue weighted by Gasteiger charge is 2.37. The number of nitrogens with zero attached hydrogens (tertiary/aromatic N) is 3. The average molecular weight is 625 g/mol. The van der Waals surface area contributed by atoms with E-state index in [2.05, 4.69) is 15.2 Å². The van der Waals surface area contributed by atoms with Crippen molar-refractivity contribution >= 4 is 64.8 Å². The highest BCUT2D eigenvalue weighted by molar-refractivity contribution is 7.91. The lowest BCUT2D eigenvalue weighted by Crippen LogP contribution is -2.30. The maximum Gasteiger partial charge on any atom is 0.274 e. The largest absolute Gasteiger partial charge is 0.422 e. The summed E-state index contributed by atoms with van der Waals surface area (Å²) >= 11 is 13.5. The number of hydrogen-bond donors (Lipinski definition) is 2. The molecular weight excluding hydrogens is 605 g/mol. The molecule has 1 unspecified atom stereocenters. The number of rotatable bonds is 9. The molecule has 0 fully saturated rings. The Hall–Kier alpha value is -2.91. The molecule has 0 radical (unpaired) electrons. The second kappa shape index (κ2) is 10.9. The molecule has 0 saturated heterocycles. The zero-order valence-electron chi connectivity index (χ0n) is 19.8. The van der Waals surface area contributed by atoms with E-state index in [1.54, 1.807) is 54.6 Å². The maximum atomic E-state index is 13.7. The Labute approximate surface area is 237 Å². The smallest absolute Gasteiger partial charge is 0.274 e. The van der Waals surface area contributed by atoms with Gasteiger partial charge in [0, 0.05) is 10.0 Å². The minimum atomic E-state index is -4.03. The minimum absolute atomic E-state index is 0.153. The van der Waals surface area contributed by atoms with Crippen LogP contribution in [0.4, 0.5) is 0 Å². The van der Waals surface area contributed by atoms with Gasteiger partial charge in [0.2, 0.25) is 11.8 Å². The molecule has 202 valence electrons. The number of hydrogen-bond acceptors (Lipinski definition) is 9. The van der Waals surface area contributed by atoms with Gasteiger partial charge in [0.05, 0.1) is 22.5 Å². The number of benzene rings is 3. The molecule has 5 aromatic rings. The fourth-order valence-corrected chi connectivity index (χ4v) is 7.87. The van der Waals surface area contributed by atoms with Crippen LogP contribution >= 0.6 is 34.5 Å². The molecule has 10 nitrogen and oxygen atoms in total. The zero-order valence-corrected chi connectivity index (χ0v) is 23.7. The van der Waals surface area contributed by atoms with Gasteiger partial charge < -0.3 is 4.42 Å². The van der Waals surface area contributed by atoms with E-state index in [1.165, 1.54) is 11.3 Å². The van der Waals surface area contributed by atoms with E-state index in [0.717, 1.165) is 11.1 Å². The molecule has 0 aliphatic carbocycles. The van der Waals surface area contributed by atoms with Crippen molar-refractivity contribution in [2.24, 2.45) is 5.14 Å². The van der Waals surface area contributed by atoms with E-state index in [1.807, 2.05) is 16.9 Å². The predicted molar refractivity (Wildman–Crippen MR) is 150 cm³/mol. The first-order valence-electron chi connectivity index (χ1n) is 11.2. The van der Waals surface area contributed by atoms with Crippen molar-refractivity contribution in [2.75, 3.05) is 0 Å². The van der Waals surface area contributed by atoms with Gasteiger partial charge in [0.15, 0.2) is 15.1 Å². The van der Waals surface area contributed by atoms with Gasteiger partial charge in [0.1, 0.15) is 5.01 Å². The summed E-state index contributed by atoms with van der Waals surface area (Å²) in [4.78, 5) is 4.59. The monoisotopic (exact) mass is 623 g/mol. The number of thiazole rings is 1. The molecular formula is C24H19Cl2N5O5S3. The van der Waals surface area contributed by atoms with Crippen molar-refractivity contribution in [3.05, 3.63) is 99.1 Å². The number of fused-ring (bicyclic) bond motifs is 1. The second-order valence-corrected chi connectivity index (χ2v) is 13.9. The Balaban J connectivity index is 1.57. The summed E-state index contributed by atoms with van der Waals surface area (Å²) in [5, 5.41) is 12.5. The molecule has 3 N–H and O–H groups in total. The van der Waals surface area contributed by atoms with Crippen LogP contribution in [0, 0.1) is 0 Å². The van der Waals surface area contributed by atoms with E-state index in [9.17, 15) is 16.8 Å². The van der Waals surface area contributed by atoms with Crippen molar-refractivity contribution in [3.63, 3.8) is 0 Å². The maximum absolute atomic E-state index is 13.7. The van der Waals surface area contributed by atoms with Gasteiger partial charge in [-0.1, -0.05) is 59.6 Å². The summed E-state index contributed by atoms with van der Waals surface area (Å²) in [5.41, 5.74) is 2.75. The summed E-state index contributed by atoms with van der Waals surface area (Å²) in [7, 11) is -8.01. The number of halogens is 2. The minimum Gasteiger partial charge on any atom is -0.422 e. The Morgan fingerprint density at radius 2 is 1.64 bits per heavy atom. The van der Waals surface area contributed by atoms with E-state index < -0.39 is 31.8 Å². The Kier molecular flexibility index (Phi) is 7.75. The first-order valence-corrected chi connectivity index (χ1v) is 16.0. The fourth-order valence-electron chi connectivity index (χ4n) is 3.86. The molecule has 0 bridgehead atoms. The summed E-state index contributed by atoms with van der Waals surface area (Å²) < 4.78 is 58.3. The van der Waals surface area contributed by atoms with Gasteiger partial charge >= 0.3 is 0 Å². The molecule has 15 heteroatoms. The third-order valence-electron chi connectivity index (χ3n) is 5.53. The highest BCUT2D eigenvalue weighted by Crippen LogP contribution is 2.38. The molecule has 3 aromatic carbocycles. The highest BCUT2D eigenvalue weighted by atomic mass is 35.5. The van der Waals surface area contributed by atoms with Crippen LogP contribution in [0.1, 0.15) is 27.6 Å². The Bertz CT molecular complexity index is 1860. The zero-order chi connectivity index (χ0) is 27.8. The van der Waals surface area contributed by atoms with Gasteiger partial charge in [0.25, 0.3) is 10.2 Å². The van der Waals surface area contributed by atoms with Crippen molar-refractivity contribution in [1.82, 2.24) is 19.9 Å². The molecule has 39 heavy (non-hydrogen) atoms. The van der Waals surface area contributed by atoms with E-state index in [4.69, 9.17) is 32.8 Å². The topological polar surface area (TPSA) is 158 Å². The quantitative estimate of drug-likeness (QED) is 0.240. The molecule has 0 saturated carbocycles. The van der Waals surface area contributed by atoms with Crippen molar-refractivity contribution in [1.29, 1.82) is 0 Å². The van der Waals surface area contributed by atoms with Gasteiger partial charge in [-0.25, -0.2) is 18.5 Å². The summed E-state index contributed by atoms with van der Waals surface area (Å²) in [5.74, 6) is -0.702. The first kappa shape index (κ1) is 27.6. The van der Waals surface area contributed by atoms with Crippen LogP contribution in [-0.2, 0) is 32.3 Å². The van der Waals surface area contributed by atoms with Crippen LogP contribution in [0.2, 0.25) is 10.0 Å². The van der Waals surface area contributed by atoms with Gasteiger partial charge in [-0.05, 0) is 47.0 Å². The summed E-state index contributed by atoms with van der Waals surface area (Å²) in [6.45, 7) is -0.400. The van der Waals surface area contributed by atoms with Crippen LogP contribution in [0.15, 0.2) is 71.1 Å². The normalized spacial score (nSPS) is 13.1. The number of aromatic nitrogens is 3. The summed E-state index contributed by atoms with van der Waals surface area (Å²) in [6.07, 6.45) is 0. The van der Waals surface area contributed by atoms with Crippen LogP contribution in [-0.4, -0.2) is 32.0 Å². The molecule has 2 heterocycles. The standard InChI is InChI=1S/C24H19Cl2N5O5S3/c25-17-8-16(9-18(26)11-17)15-6-7-19-20(10-15)37-24(29-19)22(38(32,33)13-14-4-2-1-3-5-14)23-31-30-21(36-23)12-28-39(27,34)35/h1-11,22,28H,12-13H2,(H2,27,34,35). The third-order valence-corrected chi connectivity index (χ3v) is 9.62. The molecule has 1 atom stereocenters. The van der Waals surface area contributed by atoms with E-state index in [0.29, 0.717) is 25.8 Å². The molecule has 2 aromatic heterocycles. The Morgan fingerprint density at radius 3 is 2.33 bits per heavy atom. The van der Waals surface area contributed by atoms with Gasteiger partial charge in [-0.2, -0.15) is 13.1 Å². The van der Waals surface area contributed by atoms with Crippen molar-refractivity contribution in [2.45, 2.75) is 17.5 Å². The molecule has 5 rings (SSSR count). The van der Waals surface area contributed by atoms with Crippen LogP contribution in [0.5, 0.6) is 0 Å². The van der Waals surface area contributed by atoms with Gasteiger partial charge in [-0.15, -0.1) is 21.5 Å². The lowest BCUT2D eigenvalue weighted by molar-refractivity contribution is 0.443. The number of nitrogens with one attached hydrogen (secondary N) is 1. The molecule has 0 amide bonds.